The number of rotatable bonds is 6. The Hall–Kier alpha value is -0.550. The third kappa shape index (κ3) is 3.96. The first-order chi connectivity index (χ1) is 9.14. The lowest BCUT2D eigenvalue weighted by atomic mass is 10.1. The molecule has 1 aliphatic heterocycles. The Bertz CT molecular complexity index is 387. The first-order valence-electron chi connectivity index (χ1n) is 6.79. The molecule has 2 rings (SSSR count). The van der Waals surface area contributed by atoms with Crippen LogP contribution in [-0.4, -0.2) is 30.8 Å². The van der Waals surface area contributed by atoms with Crippen molar-refractivity contribution >= 4 is 11.8 Å². The van der Waals surface area contributed by atoms with Crippen LogP contribution in [0.2, 0.25) is 0 Å². The number of benzene rings is 1. The Labute approximate surface area is 119 Å². The predicted molar refractivity (Wildman–Crippen MR) is 80.2 cm³/mol. The summed E-state index contributed by atoms with van der Waals surface area (Å²) in [6.45, 7) is 5.58. The van der Waals surface area contributed by atoms with Crippen molar-refractivity contribution in [3.8, 4) is 0 Å². The Morgan fingerprint density at radius 1 is 1.42 bits per heavy atom. The van der Waals surface area contributed by atoms with Crippen LogP contribution < -0.4 is 5.73 Å². The van der Waals surface area contributed by atoms with Crippen molar-refractivity contribution in [2.45, 2.75) is 25.7 Å². The van der Waals surface area contributed by atoms with Gasteiger partial charge in [-0.15, -0.1) is 0 Å². The summed E-state index contributed by atoms with van der Waals surface area (Å²) in [6.07, 6.45) is 0.167. The highest BCUT2D eigenvalue weighted by Gasteiger charge is 2.38. The summed E-state index contributed by atoms with van der Waals surface area (Å²) in [7, 11) is 0. The van der Waals surface area contributed by atoms with Gasteiger partial charge in [-0.2, -0.15) is 11.8 Å². The average Bonchev–Trinajstić information content (AvgIpc) is 2.83. The summed E-state index contributed by atoms with van der Waals surface area (Å²) in [4.78, 5) is 0. The molecule has 106 valence electrons. The van der Waals surface area contributed by atoms with Crippen LogP contribution in [0.3, 0.4) is 0 Å². The van der Waals surface area contributed by atoms with E-state index in [1.807, 2.05) is 49.0 Å². The second-order valence-electron chi connectivity index (χ2n) is 5.24. The number of hydrogen-bond acceptors (Lipinski definition) is 4. The molecule has 1 aliphatic rings. The first kappa shape index (κ1) is 14.9. The smallest absolute Gasteiger partial charge is 0.192 e. The van der Waals surface area contributed by atoms with Gasteiger partial charge in [0.15, 0.2) is 5.79 Å². The van der Waals surface area contributed by atoms with E-state index >= 15 is 0 Å². The van der Waals surface area contributed by atoms with E-state index in [0.29, 0.717) is 12.5 Å². The second kappa shape index (κ2) is 6.75. The van der Waals surface area contributed by atoms with Gasteiger partial charge in [-0.3, -0.25) is 0 Å². The van der Waals surface area contributed by atoms with Crippen LogP contribution in [0.4, 0.5) is 0 Å². The Kier molecular flexibility index (Phi) is 5.28. The van der Waals surface area contributed by atoms with Gasteiger partial charge in [-0.1, -0.05) is 37.3 Å². The Morgan fingerprint density at radius 2 is 2.16 bits per heavy atom. The quantitative estimate of drug-likeness (QED) is 0.870. The monoisotopic (exact) mass is 281 g/mol. The molecule has 4 heteroatoms. The zero-order chi connectivity index (χ0) is 13.7. The van der Waals surface area contributed by atoms with E-state index in [-0.39, 0.29) is 6.10 Å². The molecule has 0 radical (unpaired) electrons. The van der Waals surface area contributed by atoms with Crippen molar-refractivity contribution in [2.75, 3.05) is 24.7 Å². The fraction of sp³-hybridized carbons (Fsp3) is 0.600. The molecule has 19 heavy (non-hydrogen) atoms. The van der Waals surface area contributed by atoms with Gasteiger partial charge in [-0.05, 0) is 25.1 Å². The third-order valence-electron chi connectivity index (χ3n) is 3.34. The Morgan fingerprint density at radius 3 is 2.84 bits per heavy atom. The number of thioether (sulfide) groups is 1. The van der Waals surface area contributed by atoms with Crippen molar-refractivity contribution in [3.63, 3.8) is 0 Å². The zero-order valence-electron chi connectivity index (χ0n) is 11.7. The maximum absolute atomic E-state index is 6.08. The van der Waals surface area contributed by atoms with Crippen molar-refractivity contribution < 1.29 is 9.47 Å². The highest BCUT2D eigenvalue weighted by Crippen LogP contribution is 2.34. The minimum Gasteiger partial charge on any atom is -0.343 e. The molecule has 3 nitrogen and oxygen atoms in total. The zero-order valence-corrected chi connectivity index (χ0v) is 12.5. The summed E-state index contributed by atoms with van der Waals surface area (Å²) >= 11 is 1.89. The van der Waals surface area contributed by atoms with Crippen molar-refractivity contribution in [1.29, 1.82) is 0 Å². The molecule has 1 heterocycles. The molecule has 0 amide bonds. The van der Waals surface area contributed by atoms with E-state index in [4.69, 9.17) is 15.2 Å². The van der Waals surface area contributed by atoms with Crippen molar-refractivity contribution in [2.24, 2.45) is 11.7 Å². The second-order valence-corrected chi connectivity index (χ2v) is 6.32. The van der Waals surface area contributed by atoms with Gasteiger partial charge in [0.05, 0.1) is 12.7 Å². The van der Waals surface area contributed by atoms with Crippen molar-refractivity contribution in [3.05, 3.63) is 35.9 Å². The van der Waals surface area contributed by atoms with Crippen LogP contribution in [0, 0.1) is 5.92 Å². The van der Waals surface area contributed by atoms with E-state index in [1.165, 1.54) is 0 Å². The summed E-state index contributed by atoms with van der Waals surface area (Å²) in [6, 6.07) is 10.1. The number of nitrogens with two attached hydrogens (primary N) is 1. The molecule has 0 spiro atoms. The molecule has 1 aromatic rings. The van der Waals surface area contributed by atoms with Gasteiger partial charge in [0, 0.05) is 11.3 Å². The van der Waals surface area contributed by atoms with Crippen LogP contribution in [0.5, 0.6) is 0 Å². The van der Waals surface area contributed by atoms with Crippen LogP contribution in [-0.2, 0) is 15.3 Å². The largest absolute Gasteiger partial charge is 0.343 e. The third-order valence-corrected chi connectivity index (χ3v) is 4.76. The minimum absolute atomic E-state index is 0.167. The lowest BCUT2D eigenvalue weighted by molar-refractivity contribution is -0.159. The summed E-state index contributed by atoms with van der Waals surface area (Å²) in [5, 5.41) is 0. The van der Waals surface area contributed by atoms with Gasteiger partial charge in [0.25, 0.3) is 0 Å². The van der Waals surface area contributed by atoms with Crippen molar-refractivity contribution in [1.82, 2.24) is 0 Å². The fourth-order valence-electron chi connectivity index (χ4n) is 2.08. The molecule has 0 bridgehead atoms. The van der Waals surface area contributed by atoms with E-state index in [1.54, 1.807) is 0 Å². The van der Waals surface area contributed by atoms with Gasteiger partial charge in [-0.25, -0.2) is 0 Å². The number of hydrogen-bond donors (Lipinski definition) is 1. The lowest BCUT2D eigenvalue weighted by Gasteiger charge is -2.23. The maximum atomic E-state index is 6.08. The van der Waals surface area contributed by atoms with Crippen LogP contribution in [0.15, 0.2) is 30.3 Å². The topological polar surface area (TPSA) is 44.5 Å². The molecule has 0 aliphatic carbocycles. The maximum Gasteiger partial charge on any atom is 0.192 e. The highest BCUT2D eigenvalue weighted by molar-refractivity contribution is 7.99. The lowest BCUT2D eigenvalue weighted by Crippen LogP contribution is -2.24. The van der Waals surface area contributed by atoms with Gasteiger partial charge in [0.2, 0.25) is 0 Å². The molecule has 3 unspecified atom stereocenters. The Balaban J connectivity index is 1.83. The van der Waals surface area contributed by atoms with Crippen LogP contribution in [0.1, 0.15) is 19.4 Å². The molecule has 1 aromatic carbocycles. The molecular formula is C15H23NO2S. The molecule has 0 saturated carbocycles. The first-order valence-corrected chi connectivity index (χ1v) is 7.94. The summed E-state index contributed by atoms with van der Waals surface area (Å²) in [5.41, 5.74) is 6.70. The predicted octanol–water partition coefficient (Wildman–Crippen LogP) is 2.60. The standard InChI is InChI=1S/C15H23NO2S/c1-12(8-16)10-19-11-14-9-17-15(2,18-14)13-6-4-3-5-7-13/h3-7,12,14H,8-11,16H2,1-2H3. The summed E-state index contributed by atoms with van der Waals surface area (Å²) < 4.78 is 11.9. The molecule has 2 N–H and O–H groups in total. The van der Waals surface area contributed by atoms with Crippen LogP contribution >= 0.6 is 11.8 Å². The van der Waals surface area contributed by atoms with E-state index in [2.05, 4.69) is 6.92 Å². The number of ether oxygens (including phenoxy) is 2. The normalized spacial score (nSPS) is 28.5. The molecule has 3 atom stereocenters. The van der Waals surface area contributed by atoms with Crippen LogP contribution in [0.25, 0.3) is 0 Å². The molecule has 0 aromatic heterocycles. The van der Waals surface area contributed by atoms with E-state index in [9.17, 15) is 0 Å². The SMILES string of the molecule is CC(CN)CSCC1COC(C)(c2ccccc2)O1. The molecule has 1 fully saturated rings. The van der Waals surface area contributed by atoms with E-state index < -0.39 is 5.79 Å². The summed E-state index contributed by atoms with van der Waals surface area (Å²) in [5.74, 6) is 2.02. The van der Waals surface area contributed by atoms with Gasteiger partial charge >= 0.3 is 0 Å². The molecular weight excluding hydrogens is 258 g/mol. The van der Waals surface area contributed by atoms with Gasteiger partial charge < -0.3 is 15.2 Å². The fourth-order valence-corrected chi connectivity index (χ4v) is 3.18. The minimum atomic E-state index is -0.591. The highest BCUT2D eigenvalue weighted by atomic mass is 32.2. The molecule has 1 saturated heterocycles. The van der Waals surface area contributed by atoms with Gasteiger partial charge in [0.1, 0.15) is 0 Å². The average molecular weight is 281 g/mol. The van der Waals surface area contributed by atoms with E-state index in [0.717, 1.165) is 23.6 Å².